The number of nitrogens with one attached hydrogen (secondary N) is 1. The maximum absolute atomic E-state index is 12.8. The molecule has 0 saturated heterocycles. The van der Waals surface area contributed by atoms with Crippen LogP contribution in [0.5, 0.6) is 0 Å². The Hall–Kier alpha value is -3.05. The van der Waals surface area contributed by atoms with Crippen LogP contribution in [0.4, 0.5) is 5.69 Å². The highest BCUT2D eigenvalue weighted by Gasteiger charge is 2.20. The molecule has 0 spiro atoms. The molecule has 5 nitrogen and oxygen atoms in total. The van der Waals surface area contributed by atoms with E-state index in [4.69, 9.17) is 16.0 Å². The molecule has 1 N–H and O–H groups in total. The van der Waals surface area contributed by atoms with Crippen molar-refractivity contribution in [2.75, 3.05) is 5.32 Å². The molecule has 0 unspecified atom stereocenters. The summed E-state index contributed by atoms with van der Waals surface area (Å²) in [6.45, 7) is 2.42. The Kier molecular flexibility index (Phi) is 4.22. The van der Waals surface area contributed by atoms with Crippen molar-refractivity contribution < 1.29 is 9.21 Å². The number of furan rings is 1. The van der Waals surface area contributed by atoms with Gasteiger partial charge in [-0.3, -0.25) is 9.48 Å². The van der Waals surface area contributed by atoms with Gasteiger partial charge in [0.05, 0.1) is 11.6 Å². The lowest BCUT2D eigenvalue weighted by Gasteiger charge is -2.10. The van der Waals surface area contributed by atoms with Crippen LogP contribution in [0.15, 0.2) is 65.3 Å². The lowest BCUT2D eigenvalue weighted by atomic mass is 10.1. The quantitative estimate of drug-likeness (QED) is 0.560. The van der Waals surface area contributed by atoms with Crippen LogP contribution in [0.2, 0.25) is 5.02 Å². The fourth-order valence-corrected chi connectivity index (χ4v) is 3.17. The molecule has 0 atom stereocenters. The summed E-state index contributed by atoms with van der Waals surface area (Å²) in [7, 11) is 0. The molecule has 0 aliphatic heterocycles. The Morgan fingerprint density at radius 1 is 1.19 bits per heavy atom. The number of aromatic nitrogens is 2. The summed E-state index contributed by atoms with van der Waals surface area (Å²) in [5.74, 6) is -0.0373. The summed E-state index contributed by atoms with van der Waals surface area (Å²) in [5, 5.41) is 8.49. The Labute approximate surface area is 155 Å². The molecule has 4 aromatic rings. The highest BCUT2D eigenvalue weighted by atomic mass is 35.5. The number of aryl methyl sites for hydroxylation is 1. The van der Waals surface area contributed by atoms with Crippen LogP contribution in [0.25, 0.3) is 11.0 Å². The number of nitrogens with zero attached hydrogens (tertiary/aromatic N) is 2. The second-order valence-corrected chi connectivity index (χ2v) is 6.39. The molecule has 0 bridgehead atoms. The fraction of sp³-hybridized carbons (Fsp3) is 0.100. The van der Waals surface area contributed by atoms with E-state index in [2.05, 4.69) is 10.4 Å². The first-order chi connectivity index (χ1) is 12.6. The van der Waals surface area contributed by atoms with Crippen molar-refractivity contribution in [3.8, 4) is 0 Å². The van der Waals surface area contributed by atoms with Crippen molar-refractivity contribution in [3.05, 3.63) is 82.8 Å². The van der Waals surface area contributed by atoms with Gasteiger partial charge in [-0.1, -0.05) is 41.9 Å². The summed E-state index contributed by atoms with van der Waals surface area (Å²) >= 11 is 6.18. The average Bonchev–Trinajstić information content (AvgIpc) is 3.26. The maximum Gasteiger partial charge on any atom is 0.291 e. The van der Waals surface area contributed by atoms with Crippen LogP contribution in [0.3, 0.4) is 0 Å². The third-order valence-corrected chi connectivity index (χ3v) is 4.58. The molecule has 0 aliphatic carbocycles. The van der Waals surface area contributed by atoms with E-state index < -0.39 is 0 Å². The molecule has 0 aliphatic rings. The van der Waals surface area contributed by atoms with Crippen LogP contribution in [0, 0.1) is 6.92 Å². The number of rotatable bonds is 4. The Morgan fingerprint density at radius 3 is 2.81 bits per heavy atom. The molecule has 2 heterocycles. The van der Waals surface area contributed by atoms with Gasteiger partial charge >= 0.3 is 0 Å². The Bertz CT molecular complexity index is 1080. The number of carbonyl (C=O) groups excluding carboxylic acids is 1. The van der Waals surface area contributed by atoms with Crippen LogP contribution >= 0.6 is 11.6 Å². The van der Waals surface area contributed by atoms with E-state index in [-0.39, 0.29) is 11.7 Å². The molecule has 0 saturated carbocycles. The van der Waals surface area contributed by atoms with Crippen LogP contribution in [-0.4, -0.2) is 15.7 Å². The topological polar surface area (TPSA) is 60.1 Å². The minimum Gasteiger partial charge on any atom is -0.449 e. The monoisotopic (exact) mass is 365 g/mol. The number of hydrogen-bond donors (Lipinski definition) is 1. The van der Waals surface area contributed by atoms with Crippen molar-refractivity contribution in [2.24, 2.45) is 0 Å². The molecule has 6 heteroatoms. The van der Waals surface area contributed by atoms with Crippen molar-refractivity contribution in [2.45, 2.75) is 13.5 Å². The molecule has 0 fully saturated rings. The second-order valence-electron chi connectivity index (χ2n) is 5.99. The van der Waals surface area contributed by atoms with E-state index in [1.807, 2.05) is 55.6 Å². The molecule has 4 rings (SSSR count). The van der Waals surface area contributed by atoms with Gasteiger partial charge in [0.2, 0.25) is 0 Å². The number of hydrogen-bond acceptors (Lipinski definition) is 3. The number of fused-ring (bicyclic) bond motifs is 1. The first-order valence-corrected chi connectivity index (χ1v) is 8.55. The molecule has 0 radical (unpaired) electrons. The molecular formula is C20H16ClN3O2. The maximum atomic E-state index is 12.8. The van der Waals surface area contributed by atoms with E-state index >= 15 is 0 Å². The van der Waals surface area contributed by atoms with Crippen LogP contribution in [0.1, 0.15) is 21.7 Å². The van der Waals surface area contributed by atoms with Gasteiger partial charge in [-0.2, -0.15) is 5.10 Å². The predicted molar refractivity (Wildman–Crippen MR) is 102 cm³/mol. The lowest BCUT2D eigenvalue weighted by molar-refractivity contribution is 0.0998. The van der Waals surface area contributed by atoms with E-state index in [1.54, 1.807) is 16.9 Å². The number of para-hydroxylation sites is 2. The number of halogens is 1. The van der Waals surface area contributed by atoms with Gasteiger partial charge < -0.3 is 9.73 Å². The zero-order chi connectivity index (χ0) is 18.1. The first kappa shape index (κ1) is 16.4. The van der Waals surface area contributed by atoms with Crippen LogP contribution < -0.4 is 5.32 Å². The normalized spacial score (nSPS) is 11.0. The van der Waals surface area contributed by atoms with Crippen molar-refractivity contribution in [1.82, 2.24) is 9.78 Å². The summed E-state index contributed by atoms with van der Waals surface area (Å²) in [6.07, 6.45) is 3.60. The van der Waals surface area contributed by atoms with E-state index in [0.29, 0.717) is 17.2 Å². The predicted octanol–water partition coefficient (Wildman–Crippen LogP) is 4.89. The van der Waals surface area contributed by atoms with Gasteiger partial charge in [-0.25, -0.2) is 0 Å². The number of amides is 1. The zero-order valence-corrected chi connectivity index (χ0v) is 14.8. The molecule has 2 aromatic carbocycles. The highest BCUT2D eigenvalue weighted by Crippen LogP contribution is 2.31. The van der Waals surface area contributed by atoms with Crippen LogP contribution in [-0.2, 0) is 6.54 Å². The van der Waals surface area contributed by atoms with Gasteiger partial charge in [0.25, 0.3) is 5.91 Å². The smallest absolute Gasteiger partial charge is 0.291 e. The minimum absolute atomic E-state index is 0.266. The van der Waals surface area contributed by atoms with Gasteiger partial charge in [0.1, 0.15) is 0 Å². The zero-order valence-electron chi connectivity index (χ0n) is 14.1. The molecule has 1 amide bonds. The Morgan fingerprint density at radius 2 is 2.04 bits per heavy atom. The third-order valence-electron chi connectivity index (χ3n) is 4.28. The largest absolute Gasteiger partial charge is 0.449 e. The minimum atomic E-state index is -0.303. The van der Waals surface area contributed by atoms with Gasteiger partial charge in [0, 0.05) is 29.0 Å². The number of anilines is 1. The van der Waals surface area contributed by atoms with Crippen molar-refractivity contribution in [3.63, 3.8) is 0 Å². The van der Waals surface area contributed by atoms with E-state index in [1.165, 1.54) is 0 Å². The summed E-state index contributed by atoms with van der Waals surface area (Å²) in [4.78, 5) is 12.8. The van der Waals surface area contributed by atoms with Gasteiger partial charge in [-0.15, -0.1) is 0 Å². The van der Waals surface area contributed by atoms with Crippen molar-refractivity contribution >= 4 is 34.2 Å². The van der Waals surface area contributed by atoms with E-state index in [9.17, 15) is 4.79 Å². The summed E-state index contributed by atoms with van der Waals surface area (Å²) in [6, 6.07) is 15.0. The average molecular weight is 366 g/mol. The first-order valence-electron chi connectivity index (χ1n) is 8.18. The standard InChI is InChI=1S/C20H16ClN3O2/c1-13-15-7-4-8-16(21)19(15)26-18(13)20(25)23-17-9-3-2-6-14(17)12-24-11-5-10-22-24/h2-11H,12H2,1H3,(H,23,25). The lowest BCUT2D eigenvalue weighted by Crippen LogP contribution is -2.14. The molecule has 26 heavy (non-hydrogen) atoms. The summed E-state index contributed by atoms with van der Waals surface area (Å²) < 4.78 is 7.55. The highest BCUT2D eigenvalue weighted by molar-refractivity contribution is 6.35. The fourth-order valence-electron chi connectivity index (χ4n) is 2.95. The molecule has 2 aromatic heterocycles. The molecule has 130 valence electrons. The SMILES string of the molecule is Cc1c(C(=O)Nc2ccccc2Cn2cccn2)oc2c(Cl)cccc12. The number of benzene rings is 2. The Balaban J connectivity index is 1.65. The third kappa shape index (κ3) is 2.97. The number of carbonyl (C=O) groups is 1. The van der Waals surface area contributed by atoms with E-state index in [0.717, 1.165) is 22.2 Å². The second kappa shape index (κ2) is 6.69. The van der Waals surface area contributed by atoms with Gasteiger partial charge in [-0.05, 0) is 30.7 Å². The molecular weight excluding hydrogens is 350 g/mol. The van der Waals surface area contributed by atoms with Crippen molar-refractivity contribution in [1.29, 1.82) is 0 Å². The van der Waals surface area contributed by atoms with Gasteiger partial charge in [0.15, 0.2) is 11.3 Å². The summed E-state index contributed by atoms with van der Waals surface area (Å²) in [5.41, 5.74) is 2.97.